The van der Waals surface area contributed by atoms with Crippen molar-refractivity contribution < 1.29 is 9.47 Å². The molecule has 2 aromatic rings. The van der Waals surface area contributed by atoms with E-state index in [1.165, 1.54) is 5.56 Å². The summed E-state index contributed by atoms with van der Waals surface area (Å²) in [6.45, 7) is 2.61. The van der Waals surface area contributed by atoms with E-state index in [4.69, 9.17) is 9.47 Å². The summed E-state index contributed by atoms with van der Waals surface area (Å²) in [5, 5.41) is 0. The van der Waals surface area contributed by atoms with Gasteiger partial charge in [-0.3, -0.25) is 0 Å². The van der Waals surface area contributed by atoms with Crippen LogP contribution < -0.4 is 15.6 Å². The van der Waals surface area contributed by atoms with E-state index in [-0.39, 0.29) is 18.6 Å². The average Bonchev–Trinajstić information content (AvgIpc) is 2.38. The molecule has 3 nitrogen and oxygen atoms in total. The van der Waals surface area contributed by atoms with Crippen LogP contribution in [0.25, 0.3) is 0 Å². The van der Waals surface area contributed by atoms with Crippen LogP contribution in [0.3, 0.4) is 0 Å². The Morgan fingerprint density at radius 3 is 2.26 bits per heavy atom. The molecule has 0 unspecified atom stereocenters. The van der Waals surface area contributed by atoms with Crippen molar-refractivity contribution in [3.8, 4) is 11.5 Å². The first-order valence-corrected chi connectivity index (χ1v) is 5.61. The molecule has 0 amide bonds. The van der Waals surface area contributed by atoms with Crippen molar-refractivity contribution in [2.24, 2.45) is 0 Å². The minimum absolute atomic E-state index is 0. The zero-order chi connectivity index (χ0) is 12.1. The summed E-state index contributed by atoms with van der Waals surface area (Å²) in [6, 6.07) is 16.0. The third-order valence-corrected chi connectivity index (χ3v) is 2.62. The van der Waals surface area contributed by atoms with Crippen LogP contribution >= 0.6 is 12.4 Å². The van der Waals surface area contributed by atoms with Gasteiger partial charge in [-0.15, -0.1) is 12.4 Å². The van der Waals surface area contributed by atoms with E-state index >= 15 is 0 Å². The van der Waals surface area contributed by atoms with Crippen LogP contribution in [0.5, 0.6) is 11.5 Å². The quantitative estimate of drug-likeness (QED) is 0.915. The van der Waals surface area contributed by atoms with Crippen LogP contribution in [-0.2, 0) is 6.61 Å². The highest BCUT2D eigenvalue weighted by atomic mass is 35.5. The van der Waals surface area contributed by atoms with Crippen LogP contribution in [-0.4, -0.2) is 7.11 Å². The Kier molecular flexibility index (Phi) is 7.65. The van der Waals surface area contributed by atoms with Crippen LogP contribution in [0.4, 0.5) is 0 Å². The fourth-order valence-corrected chi connectivity index (χ4v) is 1.65. The predicted molar refractivity (Wildman–Crippen MR) is 80.8 cm³/mol. The molecule has 0 bridgehead atoms. The molecule has 2 rings (SSSR count). The van der Waals surface area contributed by atoms with Crippen molar-refractivity contribution >= 4 is 12.4 Å². The highest BCUT2D eigenvalue weighted by Crippen LogP contribution is 2.23. The van der Waals surface area contributed by atoms with E-state index in [0.717, 1.165) is 17.1 Å². The van der Waals surface area contributed by atoms with Gasteiger partial charge in [0.2, 0.25) is 0 Å². The molecule has 0 aliphatic heterocycles. The fourth-order valence-electron chi connectivity index (χ4n) is 1.65. The predicted octanol–water partition coefficient (Wildman–Crippen LogP) is 4.17. The second-order valence-corrected chi connectivity index (χ2v) is 3.91. The average molecular weight is 282 g/mol. The second kappa shape index (κ2) is 8.40. The van der Waals surface area contributed by atoms with E-state index in [9.17, 15) is 0 Å². The normalized spacial score (nSPS) is 8.95. The van der Waals surface area contributed by atoms with Crippen LogP contribution in [0.2, 0.25) is 0 Å². The molecule has 0 saturated carbocycles. The molecule has 0 spiro atoms. The van der Waals surface area contributed by atoms with Crippen molar-refractivity contribution in [3.05, 3.63) is 59.7 Å². The van der Waals surface area contributed by atoms with E-state index in [1.54, 1.807) is 7.11 Å². The number of aryl methyl sites for hydroxylation is 1. The van der Waals surface area contributed by atoms with Gasteiger partial charge in [0, 0.05) is 0 Å². The summed E-state index contributed by atoms with van der Waals surface area (Å²) in [5.41, 5.74) is 2.25. The largest absolute Gasteiger partial charge is 0.497 e. The lowest BCUT2D eigenvalue weighted by atomic mass is 10.2. The van der Waals surface area contributed by atoms with Gasteiger partial charge in [-0.1, -0.05) is 30.3 Å². The van der Waals surface area contributed by atoms with Crippen molar-refractivity contribution in [2.45, 2.75) is 13.5 Å². The molecular formula is C15H20ClNO2. The monoisotopic (exact) mass is 281 g/mol. The lowest BCUT2D eigenvalue weighted by molar-refractivity contribution is 0.303. The lowest BCUT2D eigenvalue weighted by Crippen LogP contribution is -1.97. The number of hydrogen-bond donors (Lipinski definition) is 1. The van der Waals surface area contributed by atoms with Gasteiger partial charge < -0.3 is 15.6 Å². The van der Waals surface area contributed by atoms with E-state index in [1.807, 2.05) is 43.3 Å². The smallest absolute Gasteiger partial charge is 0.122 e. The number of rotatable bonds is 4. The Hall–Kier alpha value is -1.71. The maximum absolute atomic E-state index is 5.77. The molecule has 0 fully saturated rings. The third kappa shape index (κ3) is 4.81. The summed E-state index contributed by atoms with van der Waals surface area (Å²) in [5.74, 6) is 1.75. The highest BCUT2D eigenvalue weighted by molar-refractivity contribution is 5.85. The summed E-state index contributed by atoms with van der Waals surface area (Å²) < 4.78 is 10.9. The van der Waals surface area contributed by atoms with Crippen molar-refractivity contribution in [1.29, 1.82) is 0 Å². The molecular weight excluding hydrogens is 262 g/mol. The van der Waals surface area contributed by atoms with E-state index in [0.29, 0.717) is 6.61 Å². The first kappa shape index (κ1) is 17.3. The van der Waals surface area contributed by atoms with Gasteiger partial charge >= 0.3 is 0 Å². The molecule has 2 aromatic carbocycles. The first-order valence-electron chi connectivity index (χ1n) is 5.61. The first-order chi connectivity index (χ1) is 8.29. The molecule has 104 valence electrons. The zero-order valence-electron chi connectivity index (χ0n) is 11.3. The summed E-state index contributed by atoms with van der Waals surface area (Å²) in [6.07, 6.45) is 0. The van der Waals surface area contributed by atoms with Crippen LogP contribution in [0, 0.1) is 6.92 Å². The van der Waals surface area contributed by atoms with Gasteiger partial charge in [0.15, 0.2) is 0 Å². The minimum Gasteiger partial charge on any atom is -0.497 e. The van der Waals surface area contributed by atoms with Crippen molar-refractivity contribution in [2.75, 3.05) is 7.11 Å². The van der Waals surface area contributed by atoms with Gasteiger partial charge in [-0.25, -0.2) is 0 Å². The number of methoxy groups -OCH3 is 1. The second-order valence-electron chi connectivity index (χ2n) is 3.91. The van der Waals surface area contributed by atoms with Gasteiger partial charge in [0.05, 0.1) is 7.11 Å². The molecule has 0 heterocycles. The van der Waals surface area contributed by atoms with Gasteiger partial charge in [0.25, 0.3) is 0 Å². The number of halogens is 1. The van der Waals surface area contributed by atoms with Gasteiger partial charge in [-0.05, 0) is 36.2 Å². The number of hydrogen-bond acceptors (Lipinski definition) is 3. The maximum Gasteiger partial charge on any atom is 0.122 e. The molecule has 19 heavy (non-hydrogen) atoms. The maximum atomic E-state index is 5.77. The number of benzene rings is 2. The zero-order valence-corrected chi connectivity index (χ0v) is 12.1. The Morgan fingerprint density at radius 2 is 1.68 bits per heavy atom. The van der Waals surface area contributed by atoms with E-state index in [2.05, 4.69) is 12.1 Å². The molecule has 0 atom stereocenters. The molecule has 0 saturated heterocycles. The van der Waals surface area contributed by atoms with Crippen molar-refractivity contribution in [3.63, 3.8) is 0 Å². The van der Waals surface area contributed by atoms with Gasteiger partial charge in [0.1, 0.15) is 18.1 Å². The Labute approximate surface area is 120 Å². The fraction of sp³-hybridized carbons (Fsp3) is 0.200. The third-order valence-electron chi connectivity index (χ3n) is 2.62. The SMILES string of the molecule is COc1ccc(OCc2ccccc2)c(C)c1.Cl.N. The highest BCUT2D eigenvalue weighted by Gasteiger charge is 2.01. The Morgan fingerprint density at radius 1 is 1.00 bits per heavy atom. The molecule has 0 aliphatic rings. The van der Waals surface area contributed by atoms with Crippen LogP contribution in [0.1, 0.15) is 11.1 Å². The van der Waals surface area contributed by atoms with Crippen molar-refractivity contribution in [1.82, 2.24) is 6.15 Å². The summed E-state index contributed by atoms with van der Waals surface area (Å²) in [7, 11) is 1.67. The number of ether oxygens (including phenoxy) is 2. The van der Waals surface area contributed by atoms with E-state index < -0.39 is 0 Å². The minimum atomic E-state index is 0. The van der Waals surface area contributed by atoms with Crippen LogP contribution in [0.15, 0.2) is 48.5 Å². The Balaban J connectivity index is 0.00000162. The molecule has 0 radical (unpaired) electrons. The summed E-state index contributed by atoms with van der Waals surface area (Å²) >= 11 is 0. The summed E-state index contributed by atoms with van der Waals surface area (Å²) in [4.78, 5) is 0. The molecule has 4 heteroatoms. The Bertz CT molecular complexity index is 489. The lowest BCUT2D eigenvalue weighted by Gasteiger charge is -2.10. The van der Waals surface area contributed by atoms with Gasteiger partial charge in [-0.2, -0.15) is 0 Å². The topological polar surface area (TPSA) is 53.5 Å². The molecule has 0 aliphatic carbocycles. The standard InChI is InChI=1S/C15H16O2.ClH.H3N/c1-12-10-14(16-2)8-9-15(12)17-11-13-6-4-3-5-7-13;;/h3-10H,11H2,1-2H3;1H;1H3. The molecule has 3 N–H and O–H groups in total. The molecule has 0 aromatic heterocycles.